The van der Waals surface area contributed by atoms with Gasteiger partial charge in [0, 0.05) is 6.20 Å². The first kappa shape index (κ1) is 12.6. The molecule has 0 bridgehead atoms. The van der Waals surface area contributed by atoms with Gasteiger partial charge >= 0.3 is 0 Å². The van der Waals surface area contributed by atoms with Crippen molar-refractivity contribution in [3.8, 4) is 0 Å². The van der Waals surface area contributed by atoms with E-state index in [0.717, 1.165) is 18.4 Å². The fourth-order valence-electron chi connectivity index (χ4n) is 1.79. The average Bonchev–Trinajstić information content (AvgIpc) is 2.29. The van der Waals surface area contributed by atoms with Gasteiger partial charge in [0.25, 0.3) is 5.91 Å². The Morgan fingerprint density at radius 3 is 2.88 bits per heavy atom. The number of primary amides is 1. The molecule has 0 saturated carbocycles. The van der Waals surface area contributed by atoms with Gasteiger partial charge in [0.1, 0.15) is 0 Å². The number of carbonyl (C=O) groups excluding carboxylic acids is 1. The molecule has 4 nitrogen and oxygen atoms in total. The van der Waals surface area contributed by atoms with Crippen molar-refractivity contribution in [2.24, 2.45) is 5.73 Å². The van der Waals surface area contributed by atoms with E-state index >= 15 is 0 Å². The first-order valence-corrected chi connectivity index (χ1v) is 5.78. The fourth-order valence-corrected chi connectivity index (χ4v) is 1.79. The summed E-state index contributed by atoms with van der Waals surface area (Å²) in [7, 11) is 0. The van der Waals surface area contributed by atoms with Crippen LogP contribution in [0.3, 0.4) is 0 Å². The zero-order valence-electron chi connectivity index (χ0n) is 9.94. The molecule has 1 rings (SSSR count). The Morgan fingerprint density at radius 1 is 1.50 bits per heavy atom. The standard InChI is InChI=1S/C12H19N3O/c1-3-4-5-6-9(2)10-7-8-14-15-11(10)12(13)16/h7-9H,3-6H2,1-2H3,(H2,13,16). The Labute approximate surface area is 96.3 Å². The molecule has 1 heterocycles. The summed E-state index contributed by atoms with van der Waals surface area (Å²) in [6.07, 6.45) is 6.24. The molecule has 1 amide bonds. The third kappa shape index (κ3) is 3.29. The van der Waals surface area contributed by atoms with E-state index in [1.54, 1.807) is 6.20 Å². The summed E-state index contributed by atoms with van der Waals surface area (Å²) in [6.45, 7) is 4.27. The Balaban J connectivity index is 2.74. The highest BCUT2D eigenvalue weighted by Gasteiger charge is 2.15. The summed E-state index contributed by atoms with van der Waals surface area (Å²) in [4.78, 5) is 11.2. The molecule has 0 aromatic carbocycles. The molecule has 0 aliphatic carbocycles. The summed E-state index contributed by atoms with van der Waals surface area (Å²) in [5.74, 6) is -0.185. The van der Waals surface area contributed by atoms with Gasteiger partial charge < -0.3 is 5.73 Å². The average molecular weight is 221 g/mol. The van der Waals surface area contributed by atoms with E-state index < -0.39 is 5.91 Å². The predicted octanol–water partition coefficient (Wildman–Crippen LogP) is 2.26. The van der Waals surface area contributed by atoms with Crippen LogP contribution in [0.2, 0.25) is 0 Å². The van der Waals surface area contributed by atoms with E-state index in [0.29, 0.717) is 11.6 Å². The third-order valence-electron chi connectivity index (χ3n) is 2.76. The smallest absolute Gasteiger partial charge is 0.269 e. The number of hydrogen-bond donors (Lipinski definition) is 1. The molecular weight excluding hydrogens is 202 g/mol. The van der Waals surface area contributed by atoms with Crippen LogP contribution in [0.4, 0.5) is 0 Å². The Hall–Kier alpha value is -1.45. The van der Waals surface area contributed by atoms with Crippen molar-refractivity contribution in [1.82, 2.24) is 10.2 Å². The molecule has 0 aliphatic heterocycles. The Morgan fingerprint density at radius 2 is 2.25 bits per heavy atom. The van der Waals surface area contributed by atoms with Crippen LogP contribution >= 0.6 is 0 Å². The van der Waals surface area contributed by atoms with Crippen molar-refractivity contribution >= 4 is 5.91 Å². The molecule has 0 aliphatic rings. The lowest BCUT2D eigenvalue weighted by atomic mass is 9.94. The lowest BCUT2D eigenvalue weighted by Gasteiger charge is -2.12. The summed E-state index contributed by atoms with van der Waals surface area (Å²) in [6, 6.07) is 1.84. The molecule has 0 spiro atoms. The van der Waals surface area contributed by atoms with Crippen LogP contribution in [0, 0.1) is 0 Å². The minimum absolute atomic E-state index is 0.310. The van der Waals surface area contributed by atoms with Gasteiger partial charge in [-0.25, -0.2) is 0 Å². The van der Waals surface area contributed by atoms with Crippen LogP contribution in [-0.2, 0) is 0 Å². The molecule has 0 fully saturated rings. The summed E-state index contributed by atoms with van der Waals surface area (Å²) in [5, 5.41) is 7.50. The fraction of sp³-hybridized carbons (Fsp3) is 0.583. The minimum atomic E-state index is -0.495. The van der Waals surface area contributed by atoms with Crippen LogP contribution in [0.5, 0.6) is 0 Å². The molecule has 4 heteroatoms. The second-order valence-corrected chi connectivity index (χ2v) is 4.10. The number of amides is 1. The van der Waals surface area contributed by atoms with Gasteiger partial charge in [0.2, 0.25) is 0 Å². The first-order valence-electron chi connectivity index (χ1n) is 5.78. The normalized spacial score (nSPS) is 12.4. The zero-order valence-corrected chi connectivity index (χ0v) is 9.94. The largest absolute Gasteiger partial charge is 0.364 e. The van der Waals surface area contributed by atoms with Crippen molar-refractivity contribution in [1.29, 1.82) is 0 Å². The van der Waals surface area contributed by atoms with Crippen LogP contribution in [0.15, 0.2) is 12.3 Å². The van der Waals surface area contributed by atoms with Gasteiger partial charge in [-0.2, -0.15) is 5.10 Å². The lowest BCUT2D eigenvalue weighted by molar-refractivity contribution is 0.0993. The maximum Gasteiger partial charge on any atom is 0.269 e. The van der Waals surface area contributed by atoms with E-state index in [-0.39, 0.29) is 0 Å². The van der Waals surface area contributed by atoms with Crippen molar-refractivity contribution in [3.05, 3.63) is 23.5 Å². The van der Waals surface area contributed by atoms with Gasteiger partial charge in [-0.15, -0.1) is 5.10 Å². The second kappa shape index (κ2) is 6.20. The monoisotopic (exact) mass is 221 g/mol. The van der Waals surface area contributed by atoms with E-state index in [9.17, 15) is 4.79 Å². The molecule has 2 N–H and O–H groups in total. The van der Waals surface area contributed by atoms with E-state index in [1.807, 2.05) is 6.07 Å². The Bertz CT molecular complexity index is 352. The topological polar surface area (TPSA) is 68.9 Å². The molecule has 0 radical (unpaired) electrons. The number of carbonyl (C=O) groups is 1. The number of nitrogens with zero attached hydrogens (tertiary/aromatic N) is 2. The lowest BCUT2D eigenvalue weighted by Crippen LogP contribution is -2.17. The van der Waals surface area contributed by atoms with Crippen molar-refractivity contribution < 1.29 is 4.79 Å². The van der Waals surface area contributed by atoms with Crippen LogP contribution in [0.25, 0.3) is 0 Å². The van der Waals surface area contributed by atoms with Crippen LogP contribution in [-0.4, -0.2) is 16.1 Å². The van der Waals surface area contributed by atoms with Crippen LogP contribution in [0.1, 0.15) is 61.5 Å². The molecule has 1 atom stereocenters. The summed E-state index contributed by atoms with van der Waals surface area (Å²) in [5.41, 5.74) is 6.49. The molecule has 1 aromatic heterocycles. The van der Waals surface area contributed by atoms with Gasteiger partial charge in [0.15, 0.2) is 5.69 Å². The quantitative estimate of drug-likeness (QED) is 0.749. The Kier molecular flexibility index (Phi) is 4.89. The highest BCUT2D eigenvalue weighted by atomic mass is 16.1. The summed E-state index contributed by atoms with van der Waals surface area (Å²) < 4.78 is 0. The minimum Gasteiger partial charge on any atom is -0.364 e. The number of unbranched alkanes of at least 4 members (excludes halogenated alkanes) is 2. The summed E-state index contributed by atoms with van der Waals surface area (Å²) >= 11 is 0. The van der Waals surface area contributed by atoms with E-state index in [4.69, 9.17) is 5.73 Å². The molecule has 1 aromatic rings. The number of hydrogen-bond acceptors (Lipinski definition) is 3. The van der Waals surface area contributed by atoms with Crippen LogP contribution < -0.4 is 5.73 Å². The molecule has 0 saturated heterocycles. The van der Waals surface area contributed by atoms with E-state index in [1.165, 1.54) is 12.8 Å². The van der Waals surface area contributed by atoms with Gasteiger partial charge in [-0.3, -0.25) is 4.79 Å². The van der Waals surface area contributed by atoms with E-state index in [2.05, 4.69) is 24.0 Å². The highest BCUT2D eigenvalue weighted by molar-refractivity contribution is 5.92. The SMILES string of the molecule is CCCCCC(C)c1ccnnc1C(N)=O. The third-order valence-corrected chi connectivity index (χ3v) is 2.76. The van der Waals surface area contributed by atoms with Gasteiger partial charge in [0.05, 0.1) is 0 Å². The van der Waals surface area contributed by atoms with Gasteiger partial charge in [-0.05, 0) is 24.0 Å². The predicted molar refractivity (Wildman–Crippen MR) is 63.1 cm³/mol. The van der Waals surface area contributed by atoms with Crippen molar-refractivity contribution in [3.63, 3.8) is 0 Å². The van der Waals surface area contributed by atoms with Crippen molar-refractivity contribution in [2.45, 2.75) is 45.4 Å². The van der Waals surface area contributed by atoms with Gasteiger partial charge in [-0.1, -0.05) is 33.1 Å². The number of aromatic nitrogens is 2. The highest BCUT2D eigenvalue weighted by Crippen LogP contribution is 2.23. The molecule has 88 valence electrons. The number of rotatable bonds is 6. The molecular formula is C12H19N3O. The first-order chi connectivity index (χ1) is 7.66. The second-order valence-electron chi connectivity index (χ2n) is 4.10. The number of nitrogens with two attached hydrogens (primary N) is 1. The molecule has 16 heavy (non-hydrogen) atoms. The van der Waals surface area contributed by atoms with Crippen molar-refractivity contribution in [2.75, 3.05) is 0 Å². The molecule has 1 unspecified atom stereocenters. The maximum atomic E-state index is 11.2. The zero-order chi connectivity index (χ0) is 12.0. The maximum absolute atomic E-state index is 11.2.